The van der Waals surface area contributed by atoms with E-state index in [1.165, 1.54) is 11.1 Å². The molecule has 0 bridgehead atoms. The predicted octanol–water partition coefficient (Wildman–Crippen LogP) is 1.24. The normalized spacial score (nSPS) is 18.1. The van der Waals surface area contributed by atoms with Gasteiger partial charge in [-0.25, -0.2) is 5.10 Å². The van der Waals surface area contributed by atoms with Crippen LogP contribution in [0.15, 0.2) is 35.3 Å². The minimum absolute atomic E-state index is 0.0477. The molecule has 1 fully saturated rings. The molecule has 0 spiro atoms. The molecule has 170 valence electrons. The molecule has 2 aliphatic heterocycles. The van der Waals surface area contributed by atoms with E-state index in [-0.39, 0.29) is 23.4 Å². The van der Waals surface area contributed by atoms with Crippen LogP contribution in [0.4, 0.5) is 5.69 Å². The number of rotatable bonds is 6. The summed E-state index contributed by atoms with van der Waals surface area (Å²) >= 11 is 0. The van der Waals surface area contributed by atoms with Gasteiger partial charge < -0.3 is 19.4 Å². The monoisotopic (exact) mass is 439 g/mol. The molecule has 1 aromatic heterocycles. The molecule has 4 rings (SSSR count). The molecule has 0 radical (unpaired) electrons. The van der Waals surface area contributed by atoms with E-state index in [9.17, 15) is 14.4 Å². The zero-order valence-electron chi connectivity index (χ0n) is 18.5. The molecule has 1 saturated heterocycles. The summed E-state index contributed by atoms with van der Waals surface area (Å²) in [5.74, 6) is 0.0965. The smallest absolute Gasteiger partial charge is 0.269 e. The van der Waals surface area contributed by atoms with Gasteiger partial charge >= 0.3 is 0 Å². The second kappa shape index (κ2) is 9.52. The zero-order valence-corrected chi connectivity index (χ0v) is 18.5. The van der Waals surface area contributed by atoms with Crippen molar-refractivity contribution < 1.29 is 14.3 Å². The highest BCUT2D eigenvalue weighted by Gasteiger charge is 2.32. The summed E-state index contributed by atoms with van der Waals surface area (Å²) in [7, 11) is 0. The number of aromatic nitrogens is 2. The highest BCUT2D eigenvalue weighted by molar-refractivity contribution is 5.77. The van der Waals surface area contributed by atoms with Crippen molar-refractivity contribution in [2.24, 2.45) is 0 Å². The minimum Gasteiger partial charge on any atom is -0.378 e. The molecule has 1 N–H and O–H groups in total. The first kappa shape index (κ1) is 22.0. The number of carbonyl (C=O) groups excluding carboxylic acids is 2. The summed E-state index contributed by atoms with van der Waals surface area (Å²) in [6, 6.07) is 8.13. The van der Waals surface area contributed by atoms with E-state index in [4.69, 9.17) is 4.74 Å². The number of nitrogens with zero attached hydrogens (tertiary/aromatic N) is 4. The van der Waals surface area contributed by atoms with Crippen LogP contribution in [0, 0.1) is 6.92 Å². The van der Waals surface area contributed by atoms with Crippen molar-refractivity contribution in [2.75, 3.05) is 44.3 Å². The van der Waals surface area contributed by atoms with E-state index in [0.29, 0.717) is 57.9 Å². The molecule has 1 atom stereocenters. The summed E-state index contributed by atoms with van der Waals surface area (Å²) in [6.45, 7) is 7.06. The third-order valence-electron chi connectivity index (χ3n) is 6.33. The number of anilines is 1. The lowest BCUT2D eigenvalue weighted by molar-refractivity contribution is -0.139. The first-order valence-electron chi connectivity index (χ1n) is 11.0. The van der Waals surface area contributed by atoms with Crippen molar-refractivity contribution in [3.8, 4) is 0 Å². The molecule has 0 aliphatic carbocycles. The van der Waals surface area contributed by atoms with E-state index in [0.717, 1.165) is 5.69 Å². The van der Waals surface area contributed by atoms with Gasteiger partial charge in [0.05, 0.1) is 37.6 Å². The fraction of sp³-hybridized carbons (Fsp3) is 0.478. The maximum Gasteiger partial charge on any atom is 0.269 e. The van der Waals surface area contributed by atoms with Crippen molar-refractivity contribution in [1.82, 2.24) is 20.0 Å². The lowest BCUT2D eigenvalue weighted by atomic mass is 10.1. The number of fused-ring (bicyclic) bond motifs is 1. The fourth-order valence-electron chi connectivity index (χ4n) is 4.42. The first-order chi connectivity index (χ1) is 15.5. The van der Waals surface area contributed by atoms with Crippen LogP contribution in [0.5, 0.6) is 0 Å². The van der Waals surface area contributed by atoms with Gasteiger partial charge in [0.2, 0.25) is 11.8 Å². The molecule has 32 heavy (non-hydrogen) atoms. The third kappa shape index (κ3) is 4.52. The van der Waals surface area contributed by atoms with Crippen LogP contribution in [0.3, 0.4) is 0 Å². The molecule has 3 heterocycles. The van der Waals surface area contributed by atoms with Crippen molar-refractivity contribution in [3.63, 3.8) is 0 Å². The van der Waals surface area contributed by atoms with Crippen LogP contribution in [0.2, 0.25) is 0 Å². The Hall–Kier alpha value is -3.20. The average Bonchev–Trinajstić information content (AvgIpc) is 3.16. The number of piperazine rings is 1. The summed E-state index contributed by atoms with van der Waals surface area (Å²) in [5, 5.41) is 6.46. The Morgan fingerprint density at radius 2 is 1.88 bits per heavy atom. The molecular weight excluding hydrogens is 410 g/mol. The maximum atomic E-state index is 12.5. The number of benzene rings is 1. The standard InChI is InChI=1S/C23H29N5O4/c1-16-20(13-24-25-23(16)31)28-14-18-5-3-4-6-19(18)21(28)15-32-12-7-22(30)27-10-8-26(9-11-27)17(2)29/h3-6,13,21H,7-12,14-15H2,1-2H3,(H,25,31)/t21-/m0/s1. The number of carbonyl (C=O) groups is 2. The second-order valence-electron chi connectivity index (χ2n) is 8.26. The first-order valence-corrected chi connectivity index (χ1v) is 11.0. The predicted molar refractivity (Wildman–Crippen MR) is 119 cm³/mol. The van der Waals surface area contributed by atoms with E-state index in [1.807, 2.05) is 12.1 Å². The van der Waals surface area contributed by atoms with Crippen molar-refractivity contribution in [1.29, 1.82) is 0 Å². The molecule has 0 unspecified atom stereocenters. The lowest BCUT2D eigenvalue weighted by Gasteiger charge is -2.34. The van der Waals surface area contributed by atoms with Gasteiger partial charge in [0.15, 0.2) is 0 Å². The summed E-state index contributed by atoms with van der Waals surface area (Å²) in [4.78, 5) is 41.7. The van der Waals surface area contributed by atoms with Crippen LogP contribution in [-0.2, 0) is 20.9 Å². The molecule has 9 nitrogen and oxygen atoms in total. The van der Waals surface area contributed by atoms with Gasteiger partial charge in [-0.2, -0.15) is 5.10 Å². The van der Waals surface area contributed by atoms with Gasteiger partial charge in [-0.1, -0.05) is 24.3 Å². The van der Waals surface area contributed by atoms with Crippen molar-refractivity contribution in [2.45, 2.75) is 32.9 Å². The number of nitrogens with one attached hydrogen (secondary N) is 1. The number of hydrogen-bond donors (Lipinski definition) is 1. The topological polar surface area (TPSA) is 98.8 Å². The SMILES string of the molecule is CC(=O)N1CCN(C(=O)CCOC[C@H]2c3ccccc3CN2c2cn[nH]c(=O)c2C)CC1. The van der Waals surface area contributed by atoms with Gasteiger partial charge in [-0.15, -0.1) is 0 Å². The number of H-pyrrole nitrogens is 1. The largest absolute Gasteiger partial charge is 0.378 e. The Bertz CT molecular complexity index is 1040. The molecule has 1 aromatic carbocycles. The van der Waals surface area contributed by atoms with Gasteiger partial charge in [-0.05, 0) is 18.1 Å². The van der Waals surface area contributed by atoms with E-state index in [1.54, 1.807) is 29.8 Å². The van der Waals surface area contributed by atoms with Gasteiger partial charge in [-0.3, -0.25) is 14.4 Å². The highest BCUT2D eigenvalue weighted by Crippen LogP contribution is 2.37. The minimum atomic E-state index is -0.200. The Morgan fingerprint density at radius 1 is 1.16 bits per heavy atom. The van der Waals surface area contributed by atoms with E-state index < -0.39 is 0 Å². The van der Waals surface area contributed by atoms with Crippen molar-refractivity contribution >= 4 is 17.5 Å². The van der Waals surface area contributed by atoms with Gasteiger partial charge in [0.1, 0.15) is 0 Å². The van der Waals surface area contributed by atoms with E-state index in [2.05, 4.69) is 27.2 Å². The Morgan fingerprint density at radius 3 is 2.62 bits per heavy atom. The average molecular weight is 440 g/mol. The highest BCUT2D eigenvalue weighted by atomic mass is 16.5. The second-order valence-corrected chi connectivity index (χ2v) is 8.26. The summed E-state index contributed by atoms with van der Waals surface area (Å²) < 4.78 is 5.96. The van der Waals surface area contributed by atoms with Gasteiger partial charge in [0.25, 0.3) is 5.56 Å². The molecule has 2 aliphatic rings. The molecule has 0 saturated carbocycles. The number of hydrogen-bond acceptors (Lipinski definition) is 6. The summed E-state index contributed by atoms with van der Waals surface area (Å²) in [6.07, 6.45) is 1.99. The van der Waals surface area contributed by atoms with Crippen LogP contribution in [-0.4, -0.2) is 71.2 Å². The van der Waals surface area contributed by atoms with E-state index >= 15 is 0 Å². The third-order valence-corrected chi connectivity index (χ3v) is 6.33. The molecular formula is C23H29N5O4. The van der Waals surface area contributed by atoms with Crippen LogP contribution >= 0.6 is 0 Å². The quantitative estimate of drug-likeness (QED) is 0.680. The number of amides is 2. The Kier molecular flexibility index (Phi) is 6.55. The molecule has 9 heteroatoms. The van der Waals surface area contributed by atoms with Crippen LogP contribution in [0.25, 0.3) is 0 Å². The van der Waals surface area contributed by atoms with Crippen LogP contribution < -0.4 is 10.5 Å². The van der Waals surface area contributed by atoms with Crippen LogP contribution in [0.1, 0.15) is 36.1 Å². The fourth-order valence-corrected chi connectivity index (χ4v) is 4.42. The Labute approximate surface area is 187 Å². The molecule has 2 aromatic rings. The number of aromatic amines is 1. The molecule has 2 amide bonds. The van der Waals surface area contributed by atoms with Crippen molar-refractivity contribution in [3.05, 3.63) is 57.5 Å². The van der Waals surface area contributed by atoms with Gasteiger partial charge in [0, 0.05) is 45.2 Å². The Balaban J connectivity index is 1.36. The number of ether oxygens (including phenoxy) is 1. The summed E-state index contributed by atoms with van der Waals surface area (Å²) in [5.41, 5.74) is 3.57. The maximum absolute atomic E-state index is 12.5. The zero-order chi connectivity index (χ0) is 22.7. The lowest BCUT2D eigenvalue weighted by Crippen LogP contribution is -2.50.